The fourth-order valence-electron chi connectivity index (χ4n) is 1.98. The SMILES string of the molecule is COc1ccc(C(Cc2ccc(SC)cc2)=NO)cc1Cl. The van der Waals surface area contributed by atoms with Gasteiger partial charge < -0.3 is 9.94 Å². The Morgan fingerprint density at radius 1 is 1.24 bits per heavy atom. The van der Waals surface area contributed by atoms with E-state index in [0.717, 1.165) is 11.1 Å². The topological polar surface area (TPSA) is 41.8 Å². The third-order valence-corrected chi connectivity index (χ3v) is 4.18. The number of hydrogen-bond acceptors (Lipinski definition) is 4. The molecule has 0 bridgehead atoms. The van der Waals surface area contributed by atoms with Crippen LogP contribution in [0.1, 0.15) is 11.1 Å². The van der Waals surface area contributed by atoms with Crippen LogP contribution in [0.4, 0.5) is 0 Å². The first-order valence-corrected chi connectivity index (χ1v) is 7.96. The van der Waals surface area contributed by atoms with E-state index < -0.39 is 0 Å². The average molecular weight is 322 g/mol. The molecule has 0 amide bonds. The lowest BCUT2D eigenvalue weighted by atomic mass is 10.0. The van der Waals surface area contributed by atoms with Crippen LogP contribution in [0.25, 0.3) is 0 Å². The Bertz CT molecular complexity index is 641. The maximum Gasteiger partial charge on any atom is 0.137 e. The molecule has 0 aliphatic carbocycles. The normalized spacial score (nSPS) is 11.5. The maximum atomic E-state index is 9.27. The van der Waals surface area contributed by atoms with Crippen LogP contribution in [0.3, 0.4) is 0 Å². The number of thioether (sulfide) groups is 1. The zero-order valence-corrected chi connectivity index (χ0v) is 13.4. The van der Waals surface area contributed by atoms with Gasteiger partial charge in [-0.05, 0) is 42.2 Å². The van der Waals surface area contributed by atoms with Crippen molar-refractivity contribution in [2.45, 2.75) is 11.3 Å². The van der Waals surface area contributed by atoms with Gasteiger partial charge in [0.1, 0.15) is 5.75 Å². The van der Waals surface area contributed by atoms with E-state index in [1.807, 2.05) is 24.5 Å². The molecule has 2 rings (SSSR count). The lowest BCUT2D eigenvalue weighted by Crippen LogP contribution is -2.05. The summed E-state index contributed by atoms with van der Waals surface area (Å²) < 4.78 is 5.12. The number of methoxy groups -OCH3 is 1. The molecule has 0 radical (unpaired) electrons. The molecule has 0 aromatic heterocycles. The van der Waals surface area contributed by atoms with Crippen LogP contribution in [-0.4, -0.2) is 24.3 Å². The van der Waals surface area contributed by atoms with Gasteiger partial charge in [0.2, 0.25) is 0 Å². The Balaban J connectivity index is 2.21. The first kappa shape index (κ1) is 15.7. The second-order valence-corrected chi connectivity index (χ2v) is 5.71. The molecule has 0 aliphatic heterocycles. The van der Waals surface area contributed by atoms with Gasteiger partial charge in [-0.15, -0.1) is 11.8 Å². The predicted molar refractivity (Wildman–Crippen MR) is 88.3 cm³/mol. The van der Waals surface area contributed by atoms with Crippen molar-refractivity contribution in [1.82, 2.24) is 0 Å². The van der Waals surface area contributed by atoms with E-state index in [1.165, 1.54) is 4.90 Å². The number of benzene rings is 2. The highest BCUT2D eigenvalue weighted by molar-refractivity contribution is 7.98. The summed E-state index contributed by atoms with van der Waals surface area (Å²) in [6, 6.07) is 13.5. The smallest absolute Gasteiger partial charge is 0.137 e. The van der Waals surface area contributed by atoms with E-state index in [-0.39, 0.29) is 0 Å². The number of hydrogen-bond donors (Lipinski definition) is 1. The van der Waals surface area contributed by atoms with Gasteiger partial charge in [-0.1, -0.05) is 28.9 Å². The zero-order valence-electron chi connectivity index (χ0n) is 11.8. The Kier molecular flexibility index (Phi) is 5.53. The zero-order chi connectivity index (χ0) is 15.2. The van der Waals surface area contributed by atoms with Crippen LogP contribution < -0.4 is 4.74 Å². The molecule has 0 saturated heterocycles. The monoisotopic (exact) mass is 321 g/mol. The number of halogens is 1. The van der Waals surface area contributed by atoms with Crippen molar-refractivity contribution in [2.24, 2.45) is 5.16 Å². The summed E-state index contributed by atoms with van der Waals surface area (Å²) in [5.74, 6) is 0.599. The van der Waals surface area contributed by atoms with Gasteiger partial charge in [0.25, 0.3) is 0 Å². The van der Waals surface area contributed by atoms with Crippen molar-refractivity contribution >= 4 is 29.1 Å². The third-order valence-electron chi connectivity index (χ3n) is 3.14. The fraction of sp³-hybridized carbons (Fsp3) is 0.188. The molecule has 1 N–H and O–H groups in total. The molecule has 0 unspecified atom stereocenters. The van der Waals surface area contributed by atoms with Crippen LogP contribution in [-0.2, 0) is 6.42 Å². The largest absolute Gasteiger partial charge is 0.495 e. The minimum Gasteiger partial charge on any atom is -0.495 e. The standard InChI is InChI=1S/C16H16ClNO2S/c1-20-16-8-5-12(10-14(16)17)15(18-19)9-11-3-6-13(21-2)7-4-11/h3-8,10,19H,9H2,1-2H3. The molecule has 2 aromatic rings. The van der Waals surface area contributed by atoms with Crippen molar-refractivity contribution in [1.29, 1.82) is 0 Å². The minimum absolute atomic E-state index is 0.494. The number of ether oxygens (including phenoxy) is 1. The molecule has 3 nitrogen and oxygen atoms in total. The van der Waals surface area contributed by atoms with Crippen LogP contribution >= 0.6 is 23.4 Å². The Morgan fingerprint density at radius 2 is 1.95 bits per heavy atom. The van der Waals surface area contributed by atoms with Crippen molar-refractivity contribution in [3.05, 3.63) is 58.6 Å². The summed E-state index contributed by atoms with van der Waals surface area (Å²) in [6.07, 6.45) is 2.57. The Morgan fingerprint density at radius 3 is 2.48 bits per heavy atom. The first-order chi connectivity index (χ1) is 10.2. The fourth-order valence-corrected chi connectivity index (χ4v) is 2.64. The first-order valence-electron chi connectivity index (χ1n) is 6.35. The molecule has 0 fully saturated rings. The number of oxime groups is 1. The van der Waals surface area contributed by atoms with Crippen LogP contribution in [0.15, 0.2) is 52.5 Å². The van der Waals surface area contributed by atoms with E-state index in [4.69, 9.17) is 16.3 Å². The highest BCUT2D eigenvalue weighted by Crippen LogP contribution is 2.26. The summed E-state index contributed by atoms with van der Waals surface area (Å²) in [5.41, 5.74) is 2.42. The van der Waals surface area contributed by atoms with Gasteiger partial charge in [-0.2, -0.15) is 0 Å². The molecule has 2 aromatic carbocycles. The quantitative estimate of drug-likeness (QED) is 0.382. The minimum atomic E-state index is 0.494. The molecule has 0 aliphatic rings. The molecule has 0 spiro atoms. The van der Waals surface area contributed by atoms with Crippen molar-refractivity contribution in [3.63, 3.8) is 0 Å². The molecule has 21 heavy (non-hydrogen) atoms. The highest BCUT2D eigenvalue weighted by Gasteiger charge is 2.09. The lowest BCUT2D eigenvalue weighted by molar-refractivity contribution is 0.318. The molecular weight excluding hydrogens is 306 g/mol. The lowest BCUT2D eigenvalue weighted by Gasteiger charge is -2.08. The van der Waals surface area contributed by atoms with E-state index in [2.05, 4.69) is 17.3 Å². The average Bonchev–Trinajstić information content (AvgIpc) is 2.53. The van der Waals surface area contributed by atoms with Crippen molar-refractivity contribution in [3.8, 4) is 5.75 Å². The Labute approximate surface area is 133 Å². The van der Waals surface area contributed by atoms with Gasteiger partial charge in [-0.25, -0.2) is 0 Å². The van der Waals surface area contributed by atoms with Gasteiger partial charge in [0, 0.05) is 16.9 Å². The highest BCUT2D eigenvalue weighted by atomic mass is 35.5. The van der Waals surface area contributed by atoms with Crippen LogP contribution in [0.5, 0.6) is 5.75 Å². The number of nitrogens with zero attached hydrogens (tertiary/aromatic N) is 1. The molecule has 0 saturated carbocycles. The second-order valence-electron chi connectivity index (χ2n) is 4.42. The van der Waals surface area contributed by atoms with E-state index in [9.17, 15) is 5.21 Å². The maximum absolute atomic E-state index is 9.27. The summed E-state index contributed by atoms with van der Waals surface area (Å²) in [5, 5.41) is 13.2. The van der Waals surface area contributed by atoms with Gasteiger partial charge in [0.15, 0.2) is 0 Å². The molecule has 0 heterocycles. The van der Waals surface area contributed by atoms with Crippen LogP contribution in [0, 0.1) is 0 Å². The van der Waals surface area contributed by atoms with E-state index in [1.54, 1.807) is 31.0 Å². The summed E-state index contributed by atoms with van der Waals surface area (Å²) >= 11 is 7.80. The van der Waals surface area contributed by atoms with Crippen LogP contribution in [0.2, 0.25) is 5.02 Å². The number of rotatable bonds is 5. The summed E-state index contributed by atoms with van der Waals surface area (Å²) in [6.45, 7) is 0. The predicted octanol–water partition coefficient (Wildman–Crippen LogP) is 4.49. The Hall–Kier alpha value is -1.65. The van der Waals surface area contributed by atoms with E-state index >= 15 is 0 Å². The molecule has 5 heteroatoms. The summed E-state index contributed by atoms with van der Waals surface area (Å²) in [7, 11) is 1.56. The van der Waals surface area contributed by atoms with E-state index in [0.29, 0.717) is 22.9 Å². The molecule has 0 atom stereocenters. The van der Waals surface area contributed by atoms with Crippen molar-refractivity contribution in [2.75, 3.05) is 13.4 Å². The van der Waals surface area contributed by atoms with Gasteiger partial charge in [-0.3, -0.25) is 0 Å². The summed E-state index contributed by atoms with van der Waals surface area (Å²) in [4.78, 5) is 1.20. The van der Waals surface area contributed by atoms with Crippen molar-refractivity contribution < 1.29 is 9.94 Å². The van der Waals surface area contributed by atoms with Gasteiger partial charge >= 0.3 is 0 Å². The van der Waals surface area contributed by atoms with Gasteiger partial charge in [0.05, 0.1) is 17.8 Å². The molecular formula is C16H16ClNO2S. The molecule has 110 valence electrons. The second kappa shape index (κ2) is 7.38. The third kappa shape index (κ3) is 3.93.